The number of hydrogen-bond donors (Lipinski definition) is 1. The van der Waals surface area contributed by atoms with Crippen molar-refractivity contribution in [3.05, 3.63) is 58.2 Å². The fourth-order valence-electron chi connectivity index (χ4n) is 3.13. The van der Waals surface area contributed by atoms with Crippen molar-refractivity contribution in [2.75, 3.05) is 6.54 Å². The van der Waals surface area contributed by atoms with Gasteiger partial charge in [0.2, 0.25) is 0 Å². The summed E-state index contributed by atoms with van der Waals surface area (Å²) in [5, 5.41) is 10.0. The van der Waals surface area contributed by atoms with Gasteiger partial charge >= 0.3 is 0 Å². The number of nitrogens with zero attached hydrogens (tertiary/aromatic N) is 3. The molecule has 0 saturated carbocycles. The topological polar surface area (TPSA) is 66.3 Å². The van der Waals surface area contributed by atoms with Gasteiger partial charge in [-0.1, -0.05) is 6.07 Å². The Morgan fingerprint density at radius 2 is 1.80 bits per heavy atom. The van der Waals surface area contributed by atoms with E-state index in [1.807, 2.05) is 6.92 Å². The first-order chi connectivity index (χ1) is 11.8. The minimum absolute atomic E-state index is 0.108. The van der Waals surface area contributed by atoms with Gasteiger partial charge in [-0.05, 0) is 44.9 Å². The predicted octanol–water partition coefficient (Wildman–Crippen LogP) is 2.63. The Kier molecular flexibility index (Phi) is 4.51. The molecule has 1 aromatic heterocycles. The molecule has 5 nitrogen and oxygen atoms in total. The lowest BCUT2D eigenvalue weighted by Gasteiger charge is -2.25. The monoisotopic (exact) mass is 347 g/mol. The smallest absolute Gasteiger partial charge is 0.274 e. The van der Waals surface area contributed by atoms with Crippen molar-refractivity contribution in [2.45, 2.75) is 39.3 Å². The average molecular weight is 347 g/mol. The third-order valence-corrected chi connectivity index (χ3v) is 4.55. The van der Waals surface area contributed by atoms with Crippen LogP contribution in [0.4, 0.5) is 8.78 Å². The van der Waals surface area contributed by atoms with E-state index in [1.54, 1.807) is 13.8 Å². The minimum atomic E-state index is -0.978. The van der Waals surface area contributed by atoms with Crippen LogP contribution in [0.15, 0.2) is 18.2 Å². The largest absolute Gasteiger partial charge is 0.391 e. The summed E-state index contributed by atoms with van der Waals surface area (Å²) in [6.45, 7) is 5.39. The van der Waals surface area contributed by atoms with Gasteiger partial charge in [-0.2, -0.15) is 0 Å². The first-order valence-electron chi connectivity index (χ1n) is 8.03. The summed E-state index contributed by atoms with van der Waals surface area (Å²) in [6, 6.07) is 2.98. The van der Waals surface area contributed by atoms with Gasteiger partial charge in [0.05, 0.1) is 29.2 Å². The molecule has 1 aromatic carbocycles. The molecule has 2 heterocycles. The van der Waals surface area contributed by atoms with Crippen LogP contribution in [0.3, 0.4) is 0 Å². The Labute approximate surface area is 144 Å². The molecule has 0 bridgehead atoms. The van der Waals surface area contributed by atoms with Gasteiger partial charge in [-0.3, -0.25) is 9.78 Å². The van der Waals surface area contributed by atoms with Crippen molar-refractivity contribution in [3.8, 4) is 0 Å². The molecular weight excluding hydrogens is 328 g/mol. The lowest BCUT2D eigenvalue weighted by molar-refractivity contribution is 0.0708. The highest BCUT2D eigenvalue weighted by Gasteiger charge is 2.37. The second kappa shape index (κ2) is 6.48. The zero-order valence-corrected chi connectivity index (χ0v) is 14.3. The maximum Gasteiger partial charge on any atom is 0.274 e. The third-order valence-electron chi connectivity index (χ3n) is 4.55. The quantitative estimate of drug-likeness (QED) is 0.907. The van der Waals surface area contributed by atoms with E-state index in [2.05, 4.69) is 9.97 Å². The Morgan fingerprint density at radius 1 is 1.12 bits per heavy atom. The van der Waals surface area contributed by atoms with E-state index in [-0.39, 0.29) is 24.6 Å². The summed E-state index contributed by atoms with van der Waals surface area (Å²) in [5.74, 6) is -2.30. The van der Waals surface area contributed by atoms with Crippen molar-refractivity contribution in [1.29, 1.82) is 0 Å². The van der Waals surface area contributed by atoms with Crippen molar-refractivity contribution < 1.29 is 18.7 Å². The third kappa shape index (κ3) is 3.24. The molecule has 25 heavy (non-hydrogen) atoms. The lowest BCUT2D eigenvalue weighted by atomic mass is 10.0. The summed E-state index contributed by atoms with van der Waals surface area (Å²) in [6.07, 6.45) is -0.476. The van der Waals surface area contributed by atoms with Crippen LogP contribution >= 0.6 is 0 Å². The van der Waals surface area contributed by atoms with Crippen molar-refractivity contribution in [1.82, 2.24) is 14.9 Å². The molecule has 1 amide bonds. The Bertz CT molecular complexity index is 841. The Morgan fingerprint density at radius 3 is 2.48 bits per heavy atom. The Hall–Kier alpha value is -2.41. The summed E-state index contributed by atoms with van der Waals surface area (Å²) in [7, 11) is 0. The number of carbonyl (C=O) groups excluding carboxylic acids is 1. The number of aliphatic hydroxyl groups is 1. The van der Waals surface area contributed by atoms with E-state index < -0.39 is 23.8 Å². The highest BCUT2D eigenvalue weighted by molar-refractivity contribution is 5.94. The number of aromatic nitrogens is 2. The minimum Gasteiger partial charge on any atom is -0.391 e. The molecule has 1 N–H and O–H groups in total. The van der Waals surface area contributed by atoms with Crippen LogP contribution in [0.25, 0.3) is 0 Å². The van der Waals surface area contributed by atoms with Gasteiger partial charge in [0.15, 0.2) is 11.6 Å². The van der Waals surface area contributed by atoms with Crippen molar-refractivity contribution in [2.24, 2.45) is 0 Å². The van der Waals surface area contributed by atoms with E-state index in [9.17, 15) is 18.7 Å². The van der Waals surface area contributed by atoms with Crippen LogP contribution < -0.4 is 0 Å². The van der Waals surface area contributed by atoms with Crippen LogP contribution in [-0.2, 0) is 0 Å². The highest BCUT2D eigenvalue weighted by Crippen LogP contribution is 2.34. The van der Waals surface area contributed by atoms with Gasteiger partial charge in [-0.25, -0.2) is 13.8 Å². The number of β-amino-alcohol motifs (C(OH)–C–C–N with tert-alkyl or cyclic N) is 1. The lowest BCUT2D eigenvalue weighted by Crippen LogP contribution is -2.33. The van der Waals surface area contributed by atoms with Crippen LogP contribution in [0.1, 0.15) is 45.6 Å². The zero-order valence-electron chi connectivity index (χ0n) is 14.3. The molecular formula is C18H19F2N3O2. The van der Waals surface area contributed by atoms with Crippen LogP contribution in [0, 0.1) is 32.4 Å². The number of aryl methyl sites for hydroxylation is 3. The van der Waals surface area contributed by atoms with Gasteiger partial charge in [0, 0.05) is 6.54 Å². The number of aliphatic hydroxyl groups excluding tert-OH is 1. The average Bonchev–Trinajstić information content (AvgIpc) is 2.95. The van der Waals surface area contributed by atoms with Crippen molar-refractivity contribution >= 4 is 5.91 Å². The normalized spacial score (nSPS) is 20.2. The number of halogens is 2. The number of rotatable bonds is 2. The number of carbonyl (C=O) groups is 1. The number of likely N-dealkylation sites (tertiary alicyclic amines) is 1. The standard InChI is InChI=1S/C18H19F2N3O2/c1-9-10(2)22-17(11(3)21-9)18(25)23-8-13(24)7-16(23)12-4-5-14(19)15(20)6-12/h4-6,13,16,24H,7-8H2,1-3H3/t13-,16+/m1/s1. The summed E-state index contributed by atoms with van der Waals surface area (Å²) >= 11 is 0. The van der Waals surface area contributed by atoms with Gasteiger partial charge in [0.1, 0.15) is 5.69 Å². The molecule has 2 atom stereocenters. The van der Waals surface area contributed by atoms with E-state index >= 15 is 0 Å². The number of benzene rings is 1. The van der Waals surface area contributed by atoms with Crippen molar-refractivity contribution in [3.63, 3.8) is 0 Å². The molecule has 0 spiro atoms. The van der Waals surface area contributed by atoms with E-state index in [4.69, 9.17) is 0 Å². The first kappa shape index (κ1) is 17.4. The molecule has 1 aliphatic heterocycles. The molecule has 2 aromatic rings. The second-order valence-electron chi connectivity index (χ2n) is 6.36. The Balaban J connectivity index is 1.98. The molecule has 132 valence electrons. The zero-order chi connectivity index (χ0) is 18.3. The van der Waals surface area contributed by atoms with E-state index in [0.717, 1.165) is 17.8 Å². The molecule has 0 radical (unpaired) electrons. The van der Waals surface area contributed by atoms with Crippen LogP contribution in [0.5, 0.6) is 0 Å². The second-order valence-corrected chi connectivity index (χ2v) is 6.36. The SMILES string of the molecule is Cc1nc(C)c(C(=O)N2C[C@H](O)C[C@H]2c2ccc(F)c(F)c2)nc1C. The van der Waals surface area contributed by atoms with E-state index in [1.165, 1.54) is 11.0 Å². The van der Waals surface area contributed by atoms with Gasteiger partial charge in [-0.15, -0.1) is 0 Å². The maximum atomic E-state index is 13.6. The fourth-order valence-corrected chi connectivity index (χ4v) is 3.13. The van der Waals surface area contributed by atoms with Gasteiger partial charge in [0.25, 0.3) is 5.91 Å². The molecule has 7 heteroatoms. The fraction of sp³-hybridized carbons (Fsp3) is 0.389. The summed E-state index contributed by atoms with van der Waals surface area (Å²) in [4.78, 5) is 23.1. The maximum absolute atomic E-state index is 13.6. The van der Waals surface area contributed by atoms with E-state index in [0.29, 0.717) is 17.0 Å². The number of hydrogen-bond acceptors (Lipinski definition) is 4. The van der Waals surface area contributed by atoms with Crippen LogP contribution in [-0.4, -0.2) is 38.5 Å². The molecule has 0 unspecified atom stereocenters. The molecule has 0 aliphatic carbocycles. The summed E-state index contributed by atoms with van der Waals surface area (Å²) < 4.78 is 26.8. The van der Waals surface area contributed by atoms with Crippen LogP contribution in [0.2, 0.25) is 0 Å². The number of amides is 1. The predicted molar refractivity (Wildman–Crippen MR) is 87.0 cm³/mol. The molecule has 1 saturated heterocycles. The molecule has 1 aliphatic rings. The highest BCUT2D eigenvalue weighted by atomic mass is 19.2. The first-order valence-corrected chi connectivity index (χ1v) is 8.03. The molecule has 1 fully saturated rings. The molecule has 3 rings (SSSR count). The summed E-state index contributed by atoms with van der Waals surface area (Å²) in [5.41, 5.74) is 2.55. The van der Waals surface area contributed by atoms with Gasteiger partial charge < -0.3 is 10.0 Å².